The van der Waals surface area contributed by atoms with E-state index in [0.29, 0.717) is 5.82 Å². The lowest BCUT2D eigenvalue weighted by Gasteiger charge is -2.19. The van der Waals surface area contributed by atoms with Crippen molar-refractivity contribution in [3.63, 3.8) is 0 Å². The summed E-state index contributed by atoms with van der Waals surface area (Å²) in [5, 5.41) is 0. The molecule has 0 saturated carbocycles. The average Bonchev–Trinajstić information content (AvgIpc) is 2.41. The number of fused-ring (bicyclic) bond motifs is 1. The molecule has 0 saturated heterocycles. The summed E-state index contributed by atoms with van der Waals surface area (Å²) in [6.45, 7) is 6.39. The molecule has 1 aromatic rings. The number of hydrogen-bond donors (Lipinski definition) is 1. The molecule has 0 bridgehead atoms. The number of nitrogens with zero attached hydrogens (tertiary/aromatic N) is 2. The highest BCUT2D eigenvalue weighted by atomic mass is 15.0. The molecule has 3 nitrogen and oxygen atoms in total. The third kappa shape index (κ3) is 2.18. The number of aryl methyl sites for hydroxylation is 1. The van der Waals surface area contributed by atoms with Gasteiger partial charge in [0.15, 0.2) is 0 Å². The van der Waals surface area contributed by atoms with Gasteiger partial charge in [0.1, 0.15) is 11.6 Å². The van der Waals surface area contributed by atoms with Crippen molar-refractivity contribution < 1.29 is 0 Å². The van der Waals surface area contributed by atoms with Crippen molar-refractivity contribution in [2.75, 3.05) is 5.73 Å². The predicted octanol–water partition coefficient (Wildman–Crippen LogP) is 2.63. The molecule has 2 rings (SSSR count). The Labute approximate surface area is 97.5 Å². The molecule has 0 fully saturated rings. The molecule has 16 heavy (non-hydrogen) atoms. The van der Waals surface area contributed by atoms with Gasteiger partial charge in [0, 0.05) is 16.7 Å². The summed E-state index contributed by atoms with van der Waals surface area (Å²) >= 11 is 0. The number of nitrogens with two attached hydrogens (primary N) is 1. The maximum atomic E-state index is 6.06. The van der Waals surface area contributed by atoms with Crippen LogP contribution >= 0.6 is 0 Å². The second kappa shape index (κ2) is 4.04. The Bertz CT molecular complexity index is 391. The van der Waals surface area contributed by atoms with Crippen molar-refractivity contribution in [1.29, 1.82) is 0 Å². The Kier molecular flexibility index (Phi) is 2.87. The third-order valence-electron chi connectivity index (χ3n) is 3.14. The number of rotatable bonds is 0. The fourth-order valence-electron chi connectivity index (χ4n) is 2.14. The van der Waals surface area contributed by atoms with Crippen LogP contribution < -0.4 is 5.73 Å². The number of hydrogen-bond acceptors (Lipinski definition) is 3. The smallest absolute Gasteiger partial charge is 0.136 e. The SMILES string of the molecule is CC(C)(C)c1nc(N)c2c(n1)CCCCC2. The minimum Gasteiger partial charge on any atom is -0.383 e. The predicted molar refractivity (Wildman–Crippen MR) is 66.4 cm³/mol. The lowest BCUT2D eigenvalue weighted by molar-refractivity contribution is 0.541. The quantitative estimate of drug-likeness (QED) is 0.682. The van der Waals surface area contributed by atoms with E-state index in [4.69, 9.17) is 10.7 Å². The van der Waals surface area contributed by atoms with E-state index in [2.05, 4.69) is 25.8 Å². The summed E-state index contributed by atoms with van der Waals surface area (Å²) in [6.07, 6.45) is 5.83. The molecule has 0 radical (unpaired) electrons. The zero-order chi connectivity index (χ0) is 11.8. The lowest BCUT2D eigenvalue weighted by Crippen LogP contribution is -2.19. The lowest BCUT2D eigenvalue weighted by atomic mass is 9.95. The van der Waals surface area contributed by atoms with Gasteiger partial charge in [-0.05, 0) is 25.7 Å². The first-order chi connectivity index (χ1) is 7.48. The summed E-state index contributed by atoms with van der Waals surface area (Å²) in [4.78, 5) is 9.18. The summed E-state index contributed by atoms with van der Waals surface area (Å²) in [7, 11) is 0. The van der Waals surface area contributed by atoms with Crippen LogP contribution in [-0.2, 0) is 18.3 Å². The number of nitrogen functional groups attached to an aromatic ring is 1. The Hall–Kier alpha value is -1.12. The van der Waals surface area contributed by atoms with Gasteiger partial charge in [-0.3, -0.25) is 0 Å². The van der Waals surface area contributed by atoms with E-state index in [9.17, 15) is 0 Å². The molecule has 0 atom stereocenters. The van der Waals surface area contributed by atoms with Crippen LogP contribution in [0.25, 0.3) is 0 Å². The Morgan fingerprint density at radius 2 is 1.69 bits per heavy atom. The minimum absolute atomic E-state index is 0.0184. The largest absolute Gasteiger partial charge is 0.383 e. The summed E-state index contributed by atoms with van der Waals surface area (Å²) in [6, 6.07) is 0. The van der Waals surface area contributed by atoms with Gasteiger partial charge in [0.05, 0.1) is 0 Å². The molecule has 0 amide bonds. The first-order valence-electron chi connectivity index (χ1n) is 6.14. The normalized spacial score (nSPS) is 16.7. The number of aromatic nitrogens is 2. The van der Waals surface area contributed by atoms with E-state index < -0.39 is 0 Å². The fraction of sp³-hybridized carbons (Fsp3) is 0.692. The van der Waals surface area contributed by atoms with Crippen LogP contribution in [0.15, 0.2) is 0 Å². The minimum atomic E-state index is -0.0184. The Balaban J connectivity index is 2.48. The van der Waals surface area contributed by atoms with Crippen molar-refractivity contribution in [2.24, 2.45) is 0 Å². The van der Waals surface area contributed by atoms with Crippen molar-refractivity contribution in [1.82, 2.24) is 9.97 Å². The molecule has 0 aromatic carbocycles. The molecular weight excluding hydrogens is 198 g/mol. The molecule has 1 aliphatic rings. The van der Waals surface area contributed by atoms with Gasteiger partial charge in [-0.1, -0.05) is 27.2 Å². The third-order valence-corrected chi connectivity index (χ3v) is 3.14. The molecule has 3 heteroatoms. The zero-order valence-electron chi connectivity index (χ0n) is 10.5. The van der Waals surface area contributed by atoms with Crippen LogP contribution in [0.3, 0.4) is 0 Å². The van der Waals surface area contributed by atoms with E-state index in [1.807, 2.05) is 0 Å². The number of anilines is 1. The molecule has 1 aromatic heterocycles. The van der Waals surface area contributed by atoms with E-state index in [1.165, 1.54) is 30.5 Å². The average molecular weight is 219 g/mol. The van der Waals surface area contributed by atoms with Crippen LogP contribution in [0, 0.1) is 0 Å². The highest BCUT2D eigenvalue weighted by Crippen LogP contribution is 2.26. The van der Waals surface area contributed by atoms with Crippen LogP contribution in [0.1, 0.15) is 57.1 Å². The van der Waals surface area contributed by atoms with Crippen molar-refractivity contribution >= 4 is 5.82 Å². The molecule has 0 unspecified atom stereocenters. The molecule has 0 spiro atoms. The second-order valence-electron chi connectivity index (χ2n) is 5.67. The molecule has 88 valence electrons. The standard InChI is InChI=1S/C13H21N3/c1-13(2,3)12-15-10-8-6-4-5-7-9(10)11(14)16-12/h4-8H2,1-3H3,(H2,14,15,16). The van der Waals surface area contributed by atoms with Gasteiger partial charge in [-0.15, -0.1) is 0 Å². The van der Waals surface area contributed by atoms with Gasteiger partial charge in [0.2, 0.25) is 0 Å². The van der Waals surface area contributed by atoms with Crippen LogP contribution in [-0.4, -0.2) is 9.97 Å². The summed E-state index contributed by atoms with van der Waals surface area (Å²) in [5.41, 5.74) is 8.43. The highest BCUT2D eigenvalue weighted by Gasteiger charge is 2.22. The first-order valence-corrected chi connectivity index (χ1v) is 6.14. The highest BCUT2D eigenvalue weighted by molar-refractivity contribution is 5.43. The van der Waals surface area contributed by atoms with E-state index in [-0.39, 0.29) is 5.41 Å². The molecule has 0 aliphatic heterocycles. The molecule has 1 aliphatic carbocycles. The first kappa shape index (κ1) is 11.4. The monoisotopic (exact) mass is 219 g/mol. The second-order valence-corrected chi connectivity index (χ2v) is 5.67. The van der Waals surface area contributed by atoms with Crippen LogP contribution in [0.4, 0.5) is 5.82 Å². The summed E-state index contributed by atoms with van der Waals surface area (Å²) < 4.78 is 0. The van der Waals surface area contributed by atoms with Gasteiger partial charge in [-0.2, -0.15) is 0 Å². The Morgan fingerprint density at radius 3 is 2.38 bits per heavy atom. The van der Waals surface area contributed by atoms with Crippen LogP contribution in [0.2, 0.25) is 0 Å². The van der Waals surface area contributed by atoms with Gasteiger partial charge in [-0.25, -0.2) is 9.97 Å². The maximum absolute atomic E-state index is 6.06. The molecular formula is C13H21N3. The van der Waals surface area contributed by atoms with E-state index >= 15 is 0 Å². The fourth-order valence-corrected chi connectivity index (χ4v) is 2.14. The van der Waals surface area contributed by atoms with E-state index in [0.717, 1.165) is 18.7 Å². The topological polar surface area (TPSA) is 51.8 Å². The maximum Gasteiger partial charge on any atom is 0.136 e. The van der Waals surface area contributed by atoms with Gasteiger partial charge >= 0.3 is 0 Å². The molecule has 1 heterocycles. The van der Waals surface area contributed by atoms with Crippen molar-refractivity contribution in [2.45, 2.75) is 58.3 Å². The van der Waals surface area contributed by atoms with Gasteiger partial charge in [0.25, 0.3) is 0 Å². The van der Waals surface area contributed by atoms with E-state index in [1.54, 1.807) is 0 Å². The summed E-state index contributed by atoms with van der Waals surface area (Å²) in [5.74, 6) is 1.59. The zero-order valence-corrected chi connectivity index (χ0v) is 10.5. The Morgan fingerprint density at radius 1 is 1.00 bits per heavy atom. The van der Waals surface area contributed by atoms with Crippen LogP contribution in [0.5, 0.6) is 0 Å². The van der Waals surface area contributed by atoms with Crippen molar-refractivity contribution in [3.8, 4) is 0 Å². The van der Waals surface area contributed by atoms with Crippen molar-refractivity contribution in [3.05, 3.63) is 17.1 Å². The van der Waals surface area contributed by atoms with Gasteiger partial charge < -0.3 is 5.73 Å². The molecule has 2 N–H and O–H groups in total.